The number of nitrogens with zero attached hydrogens (tertiary/aromatic N) is 1. The van der Waals surface area contributed by atoms with E-state index >= 15 is 0 Å². The largest absolute Gasteiger partial charge is 0.349 e. The van der Waals surface area contributed by atoms with Gasteiger partial charge in [0.1, 0.15) is 5.15 Å². The van der Waals surface area contributed by atoms with Crippen LogP contribution in [-0.2, 0) is 0 Å². The van der Waals surface area contributed by atoms with E-state index in [1.165, 1.54) is 5.56 Å². The van der Waals surface area contributed by atoms with E-state index in [2.05, 4.69) is 22.4 Å². The van der Waals surface area contributed by atoms with E-state index < -0.39 is 0 Å². The number of carbonyl (C=O) groups excluding carboxylic acids is 1. The molecule has 0 spiro atoms. The van der Waals surface area contributed by atoms with E-state index in [0.717, 1.165) is 6.42 Å². The highest BCUT2D eigenvalue weighted by molar-refractivity contribution is 6.29. The van der Waals surface area contributed by atoms with Crippen molar-refractivity contribution in [2.24, 2.45) is 0 Å². The van der Waals surface area contributed by atoms with E-state index in [1.54, 1.807) is 18.3 Å². The molecule has 2 atom stereocenters. The SMILES string of the molecule is O=C(NC1CC1c1ccccc1)c1ccnc(Cl)c1. The highest BCUT2D eigenvalue weighted by Gasteiger charge is 2.39. The molecule has 4 heteroatoms. The Bertz CT molecular complexity index is 600. The molecule has 1 heterocycles. The minimum Gasteiger partial charge on any atom is -0.349 e. The molecule has 19 heavy (non-hydrogen) atoms. The summed E-state index contributed by atoms with van der Waals surface area (Å²) in [6.45, 7) is 0. The average molecular weight is 273 g/mol. The molecule has 1 aromatic carbocycles. The Morgan fingerprint density at radius 3 is 2.79 bits per heavy atom. The molecular formula is C15H13ClN2O. The van der Waals surface area contributed by atoms with Gasteiger partial charge < -0.3 is 5.32 Å². The molecular weight excluding hydrogens is 260 g/mol. The van der Waals surface area contributed by atoms with Gasteiger partial charge in [-0.25, -0.2) is 4.98 Å². The number of aromatic nitrogens is 1. The van der Waals surface area contributed by atoms with E-state index in [1.807, 2.05) is 18.2 Å². The molecule has 1 amide bonds. The minimum absolute atomic E-state index is 0.0901. The summed E-state index contributed by atoms with van der Waals surface area (Å²) >= 11 is 5.77. The maximum absolute atomic E-state index is 12.0. The van der Waals surface area contributed by atoms with Crippen LogP contribution in [0.25, 0.3) is 0 Å². The van der Waals surface area contributed by atoms with Crippen LogP contribution in [0, 0.1) is 0 Å². The van der Waals surface area contributed by atoms with Crippen molar-refractivity contribution in [3.05, 3.63) is 64.9 Å². The predicted octanol–water partition coefficient (Wildman–Crippen LogP) is 3.02. The summed E-state index contributed by atoms with van der Waals surface area (Å²) in [7, 11) is 0. The number of nitrogens with one attached hydrogen (secondary N) is 1. The molecule has 3 rings (SSSR count). The fraction of sp³-hybridized carbons (Fsp3) is 0.200. The predicted molar refractivity (Wildman–Crippen MR) is 74.3 cm³/mol. The maximum Gasteiger partial charge on any atom is 0.251 e. The van der Waals surface area contributed by atoms with Crippen LogP contribution in [-0.4, -0.2) is 16.9 Å². The average Bonchev–Trinajstić information content (AvgIpc) is 3.19. The van der Waals surface area contributed by atoms with Gasteiger partial charge in [-0.1, -0.05) is 41.9 Å². The summed E-state index contributed by atoms with van der Waals surface area (Å²) in [4.78, 5) is 15.9. The summed E-state index contributed by atoms with van der Waals surface area (Å²) in [5.41, 5.74) is 1.83. The van der Waals surface area contributed by atoms with Crippen LogP contribution in [0.3, 0.4) is 0 Å². The number of halogens is 1. The molecule has 0 radical (unpaired) electrons. The summed E-state index contributed by atoms with van der Waals surface area (Å²) in [5.74, 6) is 0.343. The number of rotatable bonds is 3. The Kier molecular flexibility index (Phi) is 3.22. The van der Waals surface area contributed by atoms with Crippen LogP contribution in [0.5, 0.6) is 0 Å². The van der Waals surface area contributed by atoms with Gasteiger partial charge in [-0.05, 0) is 24.1 Å². The first kappa shape index (κ1) is 12.2. The number of hydrogen-bond acceptors (Lipinski definition) is 2. The number of benzene rings is 1. The van der Waals surface area contributed by atoms with Gasteiger partial charge >= 0.3 is 0 Å². The Hall–Kier alpha value is -1.87. The van der Waals surface area contributed by atoms with Gasteiger partial charge in [0.25, 0.3) is 5.91 Å². The second-order valence-electron chi connectivity index (χ2n) is 4.70. The molecule has 1 aliphatic rings. The first-order chi connectivity index (χ1) is 9.24. The third kappa shape index (κ3) is 2.76. The van der Waals surface area contributed by atoms with Crippen LogP contribution >= 0.6 is 11.6 Å². The molecule has 1 fully saturated rings. The Labute approximate surface area is 116 Å². The quantitative estimate of drug-likeness (QED) is 0.873. The number of carbonyl (C=O) groups is 1. The Morgan fingerprint density at radius 1 is 1.26 bits per heavy atom. The number of hydrogen-bond donors (Lipinski definition) is 1. The molecule has 1 saturated carbocycles. The van der Waals surface area contributed by atoms with Crippen molar-refractivity contribution in [3.8, 4) is 0 Å². The molecule has 0 aliphatic heterocycles. The minimum atomic E-state index is -0.0901. The van der Waals surface area contributed by atoms with Crippen molar-refractivity contribution < 1.29 is 4.79 Å². The van der Waals surface area contributed by atoms with Crippen molar-refractivity contribution in [3.63, 3.8) is 0 Å². The van der Waals surface area contributed by atoms with Crippen LogP contribution in [0.1, 0.15) is 28.3 Å². The molecule has 2 unspecified atom stereocenters. The summed E-state index contributed by atoms with van der Waals surface area (Å²) in [5, 5.41) is 3.36. The highest BCUT2D eigenvalue weighted by Crippen LogP contribution is 2.40. The molecule has 1 aliphatic carbocycles. The van der Waals surface area contributed by atoms with Crippen molar-refractivity contribution in [2.75, 3.05) is 0 Å². The standard InChI is InChI=1S/C15H13ClN2O/c16-14-8-11(6-7-17-14)15(19)18-13-9-12(13)10-4-2-1-3-5-10/h1-8,12-13H,9H2,(H,18,19). The Balaban J connectivity index is 1.64. The lowest BCUT2D eigenvalue weighted by molar-refractivity contribution is 0.0950. The lowest BCUT2D eigenvalue weighted by Crippen LogP contribution is -2.26. The molecule has 0 saturated heterocycles. The lowest BCUT2D eigenvalue weighted by atomic mass is 10.1. The molecule has 0 bridgehead atoms. The van der Waals surface area contributed by atoms with Crippen LogP contribution < -0.4 is 5.32 Å². The molecule has 2 aromatic rings. The third-order valence-electron chi connectivity index (χ3n) is 3.32. The summed E-state index contributed by atoms with van der Waals surface area (Å²) in [6.07, 6.45) is 2.54. The summed E-state index contributed by atoms with van der Waals surface area (Å²) < 4.78 is 0. The van der Waals surface area contributed by atoms with Gasteiger partial charge in [0, 0.05) is 23.7 Å². The fourth-order valence-corrected chi connectivity index (χ4v) is 2.39. The van der Waals surface area contributed by atoms with Gasteiger partial charge in [-0.3, -0.25) is 4.79 Å². The normalized spacial score (nSPS) is 20.9. The number of amides is 1. The molecule has 96 valence electrons. The first-order valence-electron chi connectivity index (χ1n) is 6.21. The molecule has 1 N–H and O–H groups in total. The molecule has 3 nitrogen and oxygen atoms in total. The van der Waals surface area contributed by atoms with Gasteiger partial charge in [0.2, 0.25) is 0 Å². The highest BCUT2D eigenvalue weighted by atomic mass is 35.5. The van der Waals surface area contributed by atoms with Gasteiger partial charge in [0.05, 0.1) is 0 Å². The lowest BCUT2D eigenvalue weighted by Gasteiger charge is -2.05. The monoisotopic (exact) mass is 272 g/mol. The van der Waals surface area contributed by atoms with Crippen molar-refractivity contribution in [1.82, 2.24) is 10.3 Å². The maximum atomic E-state index is 12.0. The van der Waals surface area contributed by atoms with E-state index in [9.17, 15) is 4.79 Å². The van der Waals surface area contributed by atoms with Crippen molar-refractivity contribution in [2.45, 2.75) is 18.4 Å². The van der Waals surface area contributed by atoms with Gasteiger partial charge in [0.15, 0.2) is 0 Å². The van der Waals surface area contributed by atoms with Crippen LogP contribution in [0.2, 0.25) is 5.15 Å². The van der Waals surface area contributed by atoms with E-state index in [-0.39, 0.29) is 11.9 Å². The van der Waals surface area contributed by atoms with Crippen LogP contribution in [0.4, 0.5) is 0 Å². The van der Waals surface area contributed by atoms with E-state index in [4.69, 9.17) is 11.6 Å². The van der Waals surface area contributed by atoms with Crippen molar-refractivity contribution in [1.29, 1.82) is 0 Å². The molecule has 1 aromatic heterocycles. The fourth-order valence-electron chi connectivity index (χ4n) is 2.22. The Morgan fingerprint density at radius 2 is 2.05 bits per heavy atom. The van der Waals surface area contributed by atoms with Gasteiger partial charge in [-0.2, -0.15) is 0 Å². The van der Waals surface area contributed by atoms with Gasteiger partial charge in [-0.15, -0.1) is 0 Å². The number of pyridine rings is 1. The topological polar surface area (TPSA) is 42.0 Å². The zero-order valence-electron chi connectivity index (χ0n) is 10.2. The zero-order valence-corrected chi connectivity index (χ0v) is 11.0. The van der Waals surface area contributed by atoms with Crippen molar-refractivity contribution >= 4 is 17.5 Å². The third-order valence-corrected chi connectivity index (χ3v) is 3.53. The first-order valence-corrected chi connectivity index (χ1v) is 6.59. The second-order valence-corrected chi connectivity index (χ2v) is 5.09. The zero-order chi connectivity index (χ0) is 13.2. The summed E-state index contributed by atoms with van der Waals surface area (Å²) in [6, 6.07) is 13.7. The van der Waals surface area contributed by atoms with E-state index in [0.29, 0.717) is 16.6 Å². The smallest absolute Gasteiger partial charge is 0.251 e. The van der Waals surface area contributed by atoms with Crippen LogP contribution in [0.15, 0.2) is 48.7 Å². The second kappa shape index (κ2) is 5.02.